The molecule has 1 aromatic rings. The van der Waals surface area contributed by atoms with E-state index < -0.39 is 0 Å². The van der Waals surface area contributed by atoms with Crippen molar-refractivity contribution in [1.82, 2.24) is 0 Å². The van der Waals surface area contributed by atoms with E-state index in [1.807, 2.05) is 0 Å². The van der Waals surface area contributed by atoms with Gasteiger partial charge in [0.1, 0.15) is 5.82 Å². The first-order chi connectivity index (χ1) is 8.25. The molecule has 1 aliphatic carbocycles. The predicted octanol–water partition coefficient (Wildman–Crippen LogP) is 2.78. The Hall–Kier alpha value is -1.29. The van der Waals surface area contributed by atoms with E-state index in [1.54, 1.807) is 6.07 Å². The Kier molecular flexibility index (Phi) is 4.20. The number of halogens is 1. The van der Waals surface area contributed by atoms with Gasteiger partial charge in [0, 0.05) is 6.54 Å². The smallest absolute Gasteiger partial charge is 0.125 e. The first-order valence-electron chi connectivity index (χ1n) is 6.16. The molecule has 94 valence electrons. The Morgan fingerprint density at radius 1 is 1.35 bits per heavy atom. The van der Waals surface area contributed by atoms with Crippen LogP contribution in [0.1, 0.15) is 25.7 Å². The van der Waals surface area contributed by atoms with Gasteiger partial charge in [-0.3, -0.25) is 0 Å². The average Bonchev–Trinajstić information content (AvgIpc) is 2.79. The molecule has 1 saturated carbocycles. The van der Waals surface area contributed by atoms with Gasteiger partial charge in [0.15, 0.2) is 0 Å². The SMILES string of the molecule is Nc1cc(F)ccc1NCCOC1CCCC1. The van der Waals surface area contributed by atoms with Crippen LogP contribution < -0.4 is 11.1 Å². The van der Waals surface area contributed by atoms with E-state index in [2.05, 4.69) is 5.32 Å². The molecule has 1 aromatic carbocycles. The normalized spacial score (nSPS) is 16.3. The van der Waals surface area contributed by atoms with Gasteiger partial charge in [-0.2, -0.15) is 0 Å². The molecule has 0 heterocycles. The fourth-order valence-corrected chi connectivity index (χ4v) is 2.16. The lowest BCUT2D eigenvalue weighted by Crippen LogP contribution is -2.15. The summed E-state index contributed by atoms with van der Waals surface area (Å²) in [7, 11) is 0. The van der Waals surface area contributed by atoms with Crippen LogP contribution in [0.15, 0.2) is 18.2 Å². The fraction of sp³-hybridized carbons (Fsp3) is 0.538. The van der Waals surface area contributed by atoms with Crippen molar-refractivity contribution in [2.24, 2.45) is 0 Å². The van der Waals surface area contributed by atoms with Crippen molar-refractivity contribution in [3.8, 4) is 0 Å². The van der Waals surface area contributed by atoms with E-state index in [0.29, 0.717) is 24.9 Å². The van der Waals surface area contributed by atoms with Crippen LogP contribution in [0.2, 0.25) is 0 Å². The van der Waals surface area contributed by atoms with Crippen molar-refractivity contribution < 1.29 is 9.13 Å². The zero-order valence-corrected chi connectivity index (χ0v) is 9.92. The van der Waals surface area contributed by atoms with Crippen LogP contribution in [-0.2, 0) is 4.74 Å². The summed E-state index contributed by atoms with van der Waals surface area (Å²) in [6, 6.07) is 4.37. The maximum atomic E-state index is 12.8. The molecule has 0 atom stereocenters. The second-order valence-electron chi connectivity index (χ2n) is 4.44. The first-order valence-corrected chi connectivity index (χ1v) is 6.16. The molecule has 17 heavy (non-hydrogen) atoms. The van der Waals surface area contributed by atoms with Gasteiger partial charge in [-0.05, 0) is 31.0 Å². The molecular weight excluding hydrogens is 219 g/mol. The minimum atomic E-state index is -0.310. The highest BCUT2D eigenvalue weighted by atomic mass is 19.1. The number of hydrogen-bond acceptors (Lipinski definition) is 3. The highest BCUT2D eigenvalue weighted by Gasteiger charge is 2.14. The van der Waals surface area contributed by atoms with E-state index in [9.17, 15) is 4.39 Å². The number of benzene rings is 1. The van der Waals surface area contributed by atoms with Crippen molar-refractivity contribution in [3.63, 3.8) is 0 Å². The monoisotopic (exact) mass is 238 g/mol. The number of anilines is 2. The van der Waals surface area contributed by atoms with Gasteiger partial charge in [-0.1, -0.05) is 12.8 Å². The average molecular weight is 238 g/mol. The summed E-state index contributed by atoms with van der Waals surface area (Å²) in [5.41, 5.74) is 6.88. The highest BCUT2D eigenvalue weighted by Crippen LogP contribution is 2.21. The third kappa shape index (κ3) is 3.60. The van der Waals surface area contributed by atoms with E-state index in [4.69, 9.17) is 10.5 Å². The minimum absolute atomic E-state index is 0.310. The summed E-state index contributed by atoms with van der Waals surface area (Å²) in [4.78, 5) is 0. The lowest BCUT2D eigenvalue weighted by Gasteiger charge is -2.13. The largest absolute Gasteiger partial charge is 0.397 e. The zero-order chi connectivity index (χ0) is 12.1. The number of nitrogens with two attached hydrogens (primary N) is 1. The summed E-state index contributed by atoms with van der Waals surface area (Å²) < 4.78 is 18.5. The van der Waals surface area contributed by atoms with Crippen LogP contribution in [0, 0.1) is 5.82 Å². The summed E-state index contributed by atoms with van der Waals surface area (Å²) in [5, 5.41) is 3.15. The molecule has 0 bridgehead atoms. The van der Waals surface area contributed by atoms with E-state index in [-0.39, 0.29) is 5.82 Å². The third-order valence-corrected chi connectivity index (χ3v) is 3.09. The molecule has 0 radical (unpaired) electrons. The number of rotatable bonds is 5. The molecule has 1 aliphatic rings. The standard InChI is InChI=1S/C13H19FN2O/c14-10-5-6-13(12(15)9-10)16-7-8-17-11-3-1-2-4-11/h5-6,9,11,16H,1-4,7-8,15H2. The summed E-state index contributed by atoms with van der Waals surface area (Å²) in [6.45, 7) is 1.37. The van der Waals surface area contributed by atoms with Crippen molar-refractivity contribution in [2.45, 2.75) is 31.8 Å². The van der Waals surface area contributed by atoms with Crippen LogP contribution in [0.5, 0.6) is 0 Å². The molecule has 2 rings (SSSR count). The Morgan fingerprint density at radius 3 is 2.82 bits per heavy atom. The maximum Gasteiger partial charge on any atom is 0.125 e. The predicted molar refractivity (Wildman–Crippen MR) is 67.5 cm³/mol. The van der Waals surface area contributed by atoms with Crippen LogP contribution in [0.25, 0.3) is 0 Å². The Bertz CT molecular complexity index is 364. The minimum Gasteiger partial charge on any atom is -0.397 e. The summed E-state index contributed by atoms with van der Waals surface area (Å²) >= 11 is 0. The van der Waals surface area contributed by atoms with Gasteiger partial charge < -0.3 is 15.8 Å². The second kappa shape index (κ2) is 5.87. The van der Waals surface area contributed by atoms with Gasteiger partial charge in [-0.15, -0.1) is 0 Å². The highest BCUT2D eigenvalue weighted by molar-refractivity contribution is 5.65. The molecule has 0 amide bonds. The van der Waals surface area contributed by atoms with Crippen molar-refractivity contribution in [2.75, 3.05) is 24.2 Å². The Morgan fingerprint density at radius 2 is 2.12 bits per heavy atom. The van der Waals surface area contributed by atoms with E-state index in [1.165, 1.54) is 37.8 Å². The Labute approximate surface area is 101 Å². The first kappa shape index (κ1) is 12.2. The molecule has 0 unspecified atom stereocenters. The molecule has 0 saturated heterocycles. The Balaban J connectivity index is 1.70. The van der Waals surface area contributed by atoms with Crippen LogP contribution in [0.3, 0.4) is 0 Å². The number of nitrogen functional groups attached to an aromatic ring is 1. The molecule has 1 fully saturated rings. The molecular formula is C13H19FN2O. The molecule has 4 heteroatoms. The van der Waals surface area contributed by atoms with Gasteiger partial charge in [0.05, 0.1) is 24.1 Å². The second-order valence-corrected chi connectivity index (χ2v) is 4.44. The zero-order valence-electron chi connectivity index (χ0n) is 9.92. The fourth-order valence-electron chi connectivity index (χ4n) is 2.16. The maximum absolute atomic E-state index is 12.8. The van der Waals surface area contributed by atoms with Crippen LogP contribution in [0.4, 0.5) is 15.8 Å². The quantitative estimate of drug-likeness (QED) is 0.612. The van der Waals surface area contributed by atoms with Gasteiger partial charge in [0.25, 0.3) is 0 Å². The molecule has 0 aromatic heterocycles. The molecule has 3 nitrogen and oxygen atoms in total. The van der Waals surface area contributed by atoms with E-state index >= 15 is 0 Å². The van der Waals surface area contributed by atoms with E-state index in [0.717, 1.165) is 5.69 Å². The molecule has 3 N–H and O–H groups in total. The lowest BCUT2D eigenvalue weighted by atomic mass is 10.2. The summed E-state index contributed by atoms with van der Waals surface area (Å²) in [6.07, 6.45) is 5.35. The van der Waals surface area contributed by atoms with Crippen molar-refractivity contribution in [1.29, 1.82) is 0 Å². The number of ether oxygens (including phenoxy) is 1. The topological polar surface area (TPSA) is 47.3 Å². The van der Waals surface area contributed by atoms with Crippen molar-refractivity contribution in [3.05, 3.63) is 24.0 Å². The summed E-state index contributed by atoms with van der Waals surface area (Å²) in [5.74, 6) is -0.310. The van der Waals surface area contributed by atoms with Gasteiger partial charge >= 0.3 is 0 Å². The van der Waals surface area contributed by atoms with Crippen LogP contribution in [-0.4, -0.2) is 19.3 Å². The molecule has 0 aliphatic heterocycles. The van der Waals surface area contributed by atoms with Crippen molar-refractivity contribution >= 4 is 11.4 Å². The lowest BCUT2D eigenvalue weighted by molar-refractivity contribution is 0.0659. The van der Waals surface area contributed by atoms with Gasteiger partial charge in [0.2, 0.25) is 0 Å². The third-order valence-electron chi connectivity index (χ3n) is 3.09. The molecule has 0 spiro atoms. The van der Waals surface area contributed by atoms with Gasteiger partial charge in [-0.25, -0.2) is 4.39 Å². The number of hydrogen-bond donors (Lipinski definition) is 2. The number of nitrogens with one attached hydrogen (secondary N) is 1. The van der Waals surface area contributed by atoms with Crippen LogP contribution >= 0.6 is 0 Å².